The van der Waals surface area contributed by atoms with Gasteiger partial charge in [-0.25, -0.2) is 0 Å². The summed E-state index contributed by atoms with van der Waals surface area (Å²) in [5, 5.41) is 54.7. The van der Waals surface area contributed by atoms with Crippen LogP contribution in [0.2, 0.25) is 0 Å². The third kappa shape index (κ3) is 39.1. The molecule has 1 saturated heterocycles. The number of aliphatic hydroxyl groups excluding tert-OH is 5. The lowest BCUT2D eigenvalue weighted by Crippen LogP contribution is -2.60. The molecule has 9 heteroatoms. The Balaban J connectivity index is 2.23. The molecule has 9 nitrogen and oxygen atoms in total. The number of ether oxygens (including phenoxy) is 2. The van der Waals surface area contributed by atoms with Crippen molar-refractivity contribution in [3.05, 3.63) is 60.8 Å². The number of carbonyl (C=O) groups is 1. The minimum Gasteiger partial charge on any atom is -0.394 e. The van der Waals surface area contributed by atoms with E-state index in [9.17, 15) is 30.3 Å². The first-order valence-electron chi connectivity index (χ1n) is 29.0. The van der Waals surface area contributed by atoms with Crippen molar-refractivity contribution in [1.29, 1.82) is 0 Å². The van der Waals surface area contributed by atoms with Gasteiger partial charge < -0.3 is 40.3 Å². The van der Waals surface area contributed by atoms with Crippen molar-refractivity contribution in [3.63, 3.8) is 0 Å². The number of rotatable bonds is 49. The number of amides is 1. The molecule has 0 radical (unpaired) electrons. The van der Waals surface area contributed by atoms with Gasteiger partial charge in [0, 0.05) is 6.42 Å². The standard InChI is InChI=1S/C60H109NO8/c1-3-5-7-9-11-13-15-17-19-21-23-25-27-29-31-33-35-37-39-41-43-45-47-49-54(63)53(52-68-60-59(67)58(66)57(65)55(51-62)69-60)61-56(64)50-48-46-44-42-40-38-36-34-32-30-28-26-24-22-20-18-16-14-12-10-8-6-4-2/h6,8,12,14,18,20,24,26,30,32,53-55,57-60,62-63,65-67H,3-5,7,9-11,13,15-17,19,21-23,25,27-29,31,33-52H2,1-2H3,(H,61,64)/b8-6-,14-12-,20-18-,26-24-,32-30-. The summed E-state index contributed by atoms with van der Waals surface area (Å²) >= 11 is 0. The van der Waals surface area contributed by atoms with Gasteiger partial charge in [0.1, 0.15) is 24.4 Å². The summed E-state index contributed by atoms with van der Waals surface area (Å²) in [6.45, 7) is 3.74. The van der Waals surface area contributed by atoms with E-state index in [0.717, 1.165) is 83.5 Å². The number of unbranched alkanes of at least 4 members (excludes halogenated alkanes) is 29. The molecule has 0 saturated carbocycles. The van der Waals surface area contributed by atoms with Gasteiger partial charge in [-0.05, 0) is 57.8 Å². The van der Waals surface area contributed by atoms with Crippen molar-refractivity contribution < 1.29 is 39.8 Å². The highest BCUT2D eigenvalue weighted by Crippen LogP contribution is 2.23. The van der Waals surface area contributed by atoms with E-state index in [2.05, 4.69) is 79.9 Å². The van der Waals surface area contributed by atoms with Crippen LogP contribution in [-0.4, -0.2) is 87.5 Å². The van der Waals surface area contributed by atoms with Crippen LogP contribution in [0.1, 0.15) is 258 Å². The smallest absolute Gasteiger partial charge is 0.220 e. The molecular formula is C60H109NO8. The van der Waals surface area contributed by atoms with Crippen LogP contribution < -0.4 is 5.32 Å². The lowest BCUT2D eigenvalue weighted by molar-refractivity contribution is -0.302. The Hall–Kier alpha value is -2.11. The molecule has 1 aliphatic heterocycles. The molecular weight excluding hydrogens is 863 g/mol. The Labute approximate surface area is 424 Å². The number of hydrogen-bond donors (Lipinski definition) is 6. The molecule has 0 spiro atoms. The predicted molar refractivity (Wildman–Crippen MR) is 290 cm³/mol. The monoisotopic (exact) mass is 972 g/mol. The number of aliphatic hydroxyl groups is 5. The minimum absolute atomic E-state index is 0.144. The molecule has 0 aromatic heterocycles. The van der Waals surface area contributed by atoms with Crippen molar-refractivity contribution in [3.8, 4) is 0 Å². The highest BCUT2D eigenvalue weighted by atomic mass is 16.7. The van der Waals surface area contributed by atoms with E-state index >= 15 is 0 Å². The van der Waals surface area contributed by atoms with Crippen LogP contribution >= 0.6 is 0 Å². The quantitative estimate of drug-likeness (QED) is 0.0261. The third-order valence-corrected chi connectivity index (χ3v) is 13.6. The molecule has 1 fully saturated rings. The van der Waals surface area contributed by atoms with E-state index in [1.807, 2.05) is 0 Å². The maximum Gasteiger partial charge on any atom is 0.220 e. The van der Waals surface area contributed by atoms with Crippen LogP contribution in [0, 0.1) is 0 Å². The summed E-state index contributed by atoms with van der Waals surface area (Å²) in [7, 11) is 0. The number of carbonyl (C=O) groups excluding carboxylic acids is 1. The van der Waals surface area contributed by atoms with E-state index < -0.39 is 49.5 Å². The zero-order chi connectivity index (χ0) is 50.1. The Kier molecular flexibility index (Phi) is 46.5. The van der Waals surface area contributed by atoms with Crippen LogP contribution in [0.5, 0.6) is 0 Å². The lowest BCUT2D eigenvalue weighted by atomic mass is 9.99. The van der Waals surface area contributed by atoms with Crippen molar-refractivity contribution in [2.75, 3.05) is 13.2 Å². The summed E-state index contributed by atoms with van der Waals surface area (Å²) in [5.41, 5.74) is 0. The van der Waals surface area contributed by atoms with Crippen LogP contribution in [0.3, 0.4) is 0 Å². The highest BCUT2D eigenvalue weighted by Gasteiger charge is 2.44. The molecule has 1 aliphatic rings. The Morgan fingerprint density at radius 1 is 0.507 bits per heavy atom. The van der Waals surface area contributed by atoms with Crippen molar-refractivity contribution in [2.45, 2.75) is 301 Å². The summed E-state index contributed by atoms with van der Waals surface area (Å²) < 4.78 is 11.3. The second kappa shape index (κ2) is 49.5. The molecule has 0 aromatic carbocycles. The van der Waals surface area contributed by atoms with Gasteiger partial charge in [-0.3, -0.25) is 4.79 Å². The van der Waals surface area contributed by atoms with E-state index in [0.29, 0.717) is 12.8 Å². The molecule has 1 heterocycles. The fourth-order valence-corrected chi connectivity index (χ4v) is 9.07. The van der Waals surface area contributed by atoms with Crippen LogP contribution in [0.4, 0.5) is 0 Å². The Bertz CT molecular complexity index is 1270. The molecule has 1 rings (SSSR count). The molecule has 69 heavy (non-hydrogen) atoms. The Morgan fingerprint density at radius 3 is 1.33 bits per heavy atom. The van der Waals surface area contributed by atoms with Gasteiger partial charge in [0.15, 0.2) is 6.29 Å². The zero-order valence-corrected chi connectivity index (χ0v) is 44.6. The first kappa shape index (κ1) is 64.9. The Morgan fingerprint density at radius 2 is 0.899 bits per heavy atom. The van der Waals surface area contributed by atoms with Crippen molar-refractivity contribution in [1.82, 2.24) is 5.32 Å². The second-order valence-electron chi connectivity index (χ2n) is 20.1. The van der Waals surface area contributed by atoms with Crippen LogP contribution in [-0.2, 0) is 14.3 Å². The van der Waals surface area contributed by atoms with Crippen molar-refractivity contribution in [2.24, 2.45) is 0 Å². The molecule has 1 amide bonds. The molecule has 402 valence electrons. The van der Waals surface area contributed by atoms with Gasteiger partial charge in [0.05, 0.1) is 25.4 Å². The second-order valence-corrected chi connectivity index (χ2v) is 20.1. The summed E-state index contributed by atoms with van der Waals surface area (Å²) in [5.74, 6) is -0.155. The largest absolute Gasteiger partial charge is 0.394 e. The lowest BCUT2D eigenvalue weighted by Gasteiger charge is -2.40. The summed E-state index contributed by atoms with van der Waals surface area (Å²) in [6.07, 6.45) is 59.5. The van der Waals surface area contributed by atoms with Gasteiger partial charge >= 0.3 is 0 Å². The maximum atomic E-state index is 13.1. The fraction of sp³-hybridized carbons (Fsp3) is 0.817. The molecule has 0 aromatic rings. The van der Waals surface area contributed by atoms with E-state index in [4.69, 9.17) is 9.47 Å². The first-order chi connectivity index (χ1) is 33.8. The SMILES string of the molecule is CC/C=C\C/C=C\C/C=C\C/C=C\C/C=C\CCCCCCCCCC(=O)NC(COC1OC(CO)C(O)C(O)C1O)C(O)CCCCCCCCCCCCCCCCCCCCCCCCC. The molecule has 0 aliphatic carbocycles. The normalized spacial score (nSPS) is 19.9. The van der Waals surface area contributed by atoms with Gasteiger partial charge in [0.25, 0.3) is 0 Å². The van der Waals surface area contributed by atoms with E-state index in [1.165, 1.54) is 148 Å². The van der Waals surface area contributed by atoms with Gasteiger partial charge in [0.2, 0.25) is 5.91 Å². The molecule has 0 bridgehead atoms. The number of hydrogen-bond acceptors (Lipinski definition) is 8. The highest BCUT2D eigenvalue weighted by molar-refractivity contribution is 5.76. The van der Waals surface area contributed by atoms with Crippen LogP contribution in [0.15, 0.2) is 60.8 Å². The average molecular weight is 973 g/mol. The first-order valence-corrected chi connectivity index (χ1v) is 29.0. The van der Waals surface area contributed by atoms with Gasteiger partial charge in [-0.15, -0.1) is 0 Å². The number of allylic oxidation sites excluding steroid dienone is 10. The van der Waals surface area contributed by atoms with Gasteiger partial charge in [-0.1, -0.05) is 254 Å². The fourth-order valence-electron chi connectivity index (χ4n) is 9.07. The predicted octanol–water partition coefficient (Wildman–Crippen LogP) is 14.3. The van der Waals surface area contributed by atoms with Crippen LogP contribution in [0.25, 0.3) is 0 Å². The molecule has 6 N–H and O–H groups in total. The summed E-state index contributed by atoms with van der Waals surface area (Å²) in [6, 6.07) is -0.729. The topological polar surface area (TPSA) is 149 Å². The minimum atomic E-state index is -1.56. The molecule has 7 unspecified atom stereocenters. The third-order valence-electron chi connectivity index (χ3n) is 13.6. The van der Waals surface area contributed by atoms with E-state index in [-0.39, 0.29) is 12.5 Å². The maximum absolute atomic E-state index is 13.1. The van der Waals surface area contributed by atoms with Crippen molar-refractivity contribution >= 4 is 5.91 Å². The average Bonchev–Trinajstić information content (AvgIpc) is 3.35. The zero-order valence-electron chi connectivity index (χ0n) is 44.6. The van der Waals surface area contributed by atoms with Gasteiger partial charge in [-0.2, -0.15) is 0 Å². The molecule has 7 atom stereocenters. The summed E-state index contributed by atoms with van der Waals surface area (Å²) in [4.78, 5) is 13.1. The van der Waals surface area contributed by atoms with E-state index in [1.54, 1.807) is 0 Å². The number of nitrogens with one attached hydrogen (secondary N) is 1.